The lowest BCUT2D eigenvalue weighted by Crippen LogP contribution is -2.31. The minimum absolute atomic E-state index is 0.0501. The van der Waals surface area contributed by atoms with Gasteiger partial charge in [-0.2, -0.15) is 4.98 Å². The van der Waals surface area contributed by atoms with Crippen LogP contribution in [0.5, 0.6) is 5.75 Å². The Morgan fingerprint density at radius 2 is 2.10 bits per heavy atom. The standard InChI is InChI=1S/C15H17N3O3/c1-16-12-8-19-6-11(12)15-17-14(18-21-15)10-7-20-13-5-3-2-4-9(10)13/h2-5,10-12,16H,6-8H2,1H3. The van der Waals surface area contributed by atoms with E-state index in [-0.39, 0.29) is 17.9 Å². The van der Waals surface area contributed by atoms with Crippen molar-refractivity contribution in [3.63, 3.8) is 0 Å². The Hall–Kier alpha value is -1.92. The smallest absolute Gasteiger partial charge is 0.233 e. The second kappa shape index (κ2) is 5.13. The molecule has 0 aliphatic carbocycles. The van der Waals surface area contributed by atoms with Crippen molar-refractivity contribution in [3.8, 4) is 5.75 Å². The van der Waals surface area contributed by atoms with Crippen LogP contribution in [0.4, 0.5) is 0 Å². The van der Waals surface area contributed by atoms with E-state index in [1.807, 2.05) is 25.2 Å². The minimum atomic E-state index is 0.0501. The average molecular weight is 287 g/mol. The molecule has 6 heteroatoms. The molecule has 3 atom stereocenters. The second-order valence-electron chi connectivity index (χ2n) is 5.43. The molecule has 6 nitrogen and oxygen atoms in total. The van der Waals surface area contributed by atoms with Gasteiger partial charge in [0.25, 0.3) is 0 Å². The van der Waals surface area contributed by atoms with Gasteiger partial charge >= 0.3 is 0 Å². The normalized spacial score (nSPS) is 27.6. The van der Waals surface area contributed by atoms with Gasteiger partial charge < -0.3 is 19.3 Å². The molecule has 1 aromatic carbocycles. The first-order valence-corrected chi connectivity index (χ1v) is 7.17. The third-order valence-electron chi connectivity index (χ3n) is 4.24. The molecule has 110 valence electrons. The molecule has 2 aromatic rings. The van der Waals surface area contributed by atoms with Crippen LogP contribution in [0.1, 0.15) is 29.1 Å². The first-order valence-electron chi connectivity index (χ1n) is 7.17. The summed E-state index contributed by atoms with van der Waals surface area (Å²) in [5.41, 5.74) is 1.12. The zero-order valence-electron chi connectivity index (χ0n) is 11.8. The Balaban J connectivity index is 1.61. The molecule has 2 aliphatic rings. The SMILES string of the molecule is CNC1COCC1c1nc(C2COc3ccccc32)no1. The molecule has 3 heterocycles. The van der Waals surface area contributed by atoms with Crippen LogP contribution in [0.2, 0.25) is 0 Å². The molecule has 0 amide bonds. The summed E-state index contributed by atoms with van der Waals surface area (Å²) in [5.74, 6) is 2.41. The lowest BCUT2D eigenvalue weighted by atomic mass is 10.0. The van der Waals surface area contributed by atoms with Crippen molar-refractivity contribution in [1.29, 1.82) is 0 Å². The van der Waals surface area contributed by atoms with Crippen LogP contribution in [0.3, 0.4) is 0 Å². The number of ether oxygens (including phenoxy) is 2. The van der Waals surface area contributed by atoms with E-state index in [0.717, 1.165) is 11.3 Å². The van der Waals surface area contributed by atoms with E-state index in [4.69, 9.17) is 14.0 Å². The van der Waals surface area contributed by atoms with E-state index in [2.05, 4.69) is 21.5 Å². The van der Waals surface area contributed by atoms with Gasteiger partial charge in [-0.25, -0.2) is 0 Å². The van der Waals surface area contributed by atoms with Crippen molar-refractivity contribution in [3.05, 3.63) is 41.5 Å². The Morgan fingerprint density at radius 1 is 1.19 bits per heavy atom. The van der Waals surface area contributed by atoms with Gasteiger partial charge in [-0.05, 0) is 13.1 Å². The average Bonchev–Trinajstić information content (AvgIpc) is 3.24. The fourth-order valence-electron chi connectivity index (χ4n) is 3.00. The summed E-state index contributed by atoms with van der Waals surface area (Å²) < 4.78 is 16.6. The van der Waals surface area contributed by atoms with Gasteiger partial charge in [-0.3, -0.25) is 0 Å². The molecule has 1 fully saturated rings. The van der Waals surface area contributed by atoms with E-state index in [9.17, 15) is 0 Å². The quantitative estimate of drug-likeness (QED) is 0.917. The Labute approximate surface area is 122 Å². The summed E-state index contributed by atoms with van der Waals surface area (Å²) in [6.07, 6.45) is 0. The number of fused-ring (bicyclic) bond motifs is 1. The fraction of sp³-hybridized carbons (Fsp3) is 0.467. The molecule has 1 aromatic heterocycles. The highest BCUT2D eigenvalue weighted by Crippen LogP contribution is 2.37. The van der Waals surface area contributed by atoms with Crippen molar-refractivity contribution < 1.29 is 14.0 Å². The maximum atomic E-state index is 5.68. The van der Waals surface area contributed by atoms with Gasteiger partial charge in [0, 0.05) is 11.6 Å². The van der Waals surface area contributed by atoms with Crippen molar-refractivity contribution in [1.82, 2.24) is 15.5 Å². The van der Waals surface area contributed by atoms with Crippen molar-refractivity contribution in [2.45, 2.75) is 17.9 Å². The first-order chi connectivity index (χ1) is 10.4. The third kappa shape index (κ3) is 2.11. The Morgan fingerprint density at radius 3 is 3.00 bits per heavy atom. The van der Waals surface area contributed by atoms with Crippen LogP contribution in [0.15, 0.2) is 28.8 Å². The summed E-state index contributed by atoms with van der Waals surface area (Å²) in [6.45, 7) is 1.86. The highest BCUT2D eigenvalue weighted by Gasteiger charge is 2.35. The number of nitrogens with zero attached hydrogens (tertiary/aromatic N) is 2. The molecule has 0 radical (unpaired) electrons. The summed E-state index contributed by atoms with van der Waals surface area (Å²) in [6, 6.07) is 8.22. The van der Waals surface area contributed by atoms with Crippen LogP contribution >= 0.6 is 0 Å². The van der Waals surface area contributed by atoms with Crippen LogP contribution in [0, 0.1) is 0 Å². The van der Waals surface area contributed by atoms with Crippen molar-refractivity contribution in [2.24, 2.45) is 0 Å². The molecule has 1 saturated heterocycles. The molecule has 0 spiro atoms. The van der Waals surface area contributed by atoms with Crippen LogP contribution < -0.4 is 10.1 Å². The predicted molar refractivity (Wildman–Crippen MR) is 74.5 cm³/mol. The zero-order chi connectivity index (χ0) is 14.2. The molecule has 4 rings (SSSR count). The number of nitrogens with one attached hydrogen (secondary N) is 1. The van der Waals surface area contributed by atoms with Crippen LogP contribution in [-0.2, 0) is 4.74 Å². The van der Waals surface area contributed by atoms with Gasteiger partial charge in [-0.1, -0.05) is 23.4 Å². The second-order valence-corrected chi connectivity index (χ2v) is 5.43. The molecule has 21 heavy (non-hydrogen) atoms. The maximum absolute atomic E-state index is 5.68. The van der Waals surface area contributed by atoms with Crippen molar-refractivity contribution >= 4 is 0 Å². The van der Waals surface area contributed by atoms with Gasteiger partial charge in [0.05, 0.1) is 25.0 Å². The fourth-order valence-corrected chi connectivity index (χ4v) is 3.00. The number of hydrogen-bond acceptors (Lipinski definition) is 6. The number of likely N-dealkylation sites (N-methyl/N-ethyl adjacent to an activating group) is 1. The monoisotopic (exact) mass is 287 g/mol. The lowest BCUT2D eigenvalue weighted by Gasteiger charge is -2.11. The Bertz CT molecular complexity index is 643. The van der Waals surface area contributed by atoms with E-state index in [0.29, 0.717) is 31.5 Å². The zero-order valence-corrected chi connectivity index (χ0v) is 11.8. The van der Waals surface area contributed by atoms with E-state index in [1.165, 1.54) is 0 Å². The first kappa shape index (κ1) is 12.8. The number of rotatable bonds is 3. The highest BCUT2D eigenvalue weighted by molar-refractivity contribution is 5.42. The maximum Gasteiger partial charge on any atom is 0.233 e. The predicted octanol–water partition coefficient (Wildman–Crippen LogP) is 1.30. The molecule has 2 aliphatic heterocycles. The summed E-state index contributed by atoms with van der Waals surface area (Å²) in [7, 11) is 1.92. The molecular weight excluding hydrogens is 270 g/mol. The summed E-state index contributed by atoms with van der Waals surface area (Å²) >= 11 is 0. The van der Waals surface area contributed by atoms with Crippen LogP contribution in [-0.4, -0.2) is 43.1 Å². The van der Waals surface area contributed by atoms with Gasteiger partial charge in [0.2, 0.25) is 5.89 Å². The van der Waals surface area contributed by atoms with Gasteiger partial charge in [-0.15, -0.1) is 0 Å². The molecule has 3 unspecified atom stereocenters. The van der Waals surface area contributed by atoms with Gasteiger partial charge in [0.1, 0.15) is 12.4 Å². The Kier molecular flexibility index (Phi) is 3.12. The van der Waals surface area contributed by atoms with E-state index >= 15 is 0 Å². The molecule has 0 bridgehead atoms. The third-order valence-corrected chi connectivity index (χ3v) is 4.24. The lowest BCUT2D eigenvalue weighted by molar-refractivity contribution is 0.185. The number of aromatic nitrogens is 2. The van der Waals surface area contributed by atoms with E-state index < -0.39 is 0 Å². The minimum Gasteiger partial charge on any atom is -0.492 e. The number of benzene rings is 1. The number of para-hydroxylation sites is 1. The molecule has 1 N–H and O–H groups in total. The van der Waals surface area contributed by atoms with E-state index in [1.54, 1.807) is 0 Å². The molecular formula is C15H17N3O3. The molecule has 0 saturated carbocycles. The summed E-state index contributed by atoms with van der Waals surface area (Å²) in [4.78, 5) is 4.59. The largest absolute Gasteiger partial charge is 0.492 e. The van der Waals surface area contributed by atoms with Gasteiger partial charge in [0.15, 0.2) is 5.82 Å². The highest BCUT2D eigenvalue weighted by atomic mass is 16.5. The number of hydrogen-bond donors (Lipinski definition) is 1. The summed E-state index contributed by atoms with van der Waals surface area (Å²) in [5, 5.41) is 7.39. The van der Waals surface area contributed by atoms with Crippen LogP contribution in [0.25, 0.3) is 0 Å². The topological polar surface area (TPSA) is 69.4 Å². The van der Waals surface area contributed by atoms with Crippen molar-refractivity contribution in [2.75, 3.05) is 26.9 Å².